The van der Waals surface area contributed by atoms with Crippen molar-refractivity contribution in [3.8, 4) is 53.3 Å². The van der Waals surface area contributed by atoms with Crippen molar-refractivity contribution >= 4 is 109 Å². The smallest absolute Gasteiger partial charge is 0.196 e. The molecule has 67 heavy (non-hydrogen) atoms. The fraction of sp³-hybridized carbons (Fsp3) is 0.0877. The minimum atomic E-state index is -1.29. The molecule has 0 aliphatic carbocycles. The lowest BCUT2D eigenvalue weighted by atomic mass is 9.85. The fourth-order valence-electron chi connectivity index (χ4n) is 9.45. The normalized spacial score (nSPS) is 11.8. The predicted molar refractivity (Wildman–Crippen MR) is 288 cm³/mol. The van der Waals surface area contributed by atoms with Crippen LogP contribution in [0.5, 0.6) is 10.1 Å². The minimum absolute atomic E-state index is 0.0604. The molecule has 328 valence electrons. The molecule has 4 aromatic heterocycles. The first-order valence-electron chi connectivity index (χ1n) is 21.6. The van der Waals surface area contributed by atoms with E-state index < -0.39 is 16.8 Å². The van der Waals surface area contributed by atoms with E-state index in [1.54, 1.807) is 40.9 Å². The first kappa shape index (κ1) is 43.5. The molecule has 11 aromatic rings. The van der Waals surface area contributed by atoms with Gasteiger partial charge in [-0.25, -0.2) is 0 Å². The second-order valence-electron chi connectivity index (χ2n) is 17.0. The largest absolute Gasteiger partial charge is 0.499 e. The highest BCUT2D eigenvalue weighted by atomic mass is 35.5. The molecule has 0 aliphatic rings. The van der Waals surface area contributed by atoms with E-state index in [4.69, 9.17) is 23.2 Å². The van der Waals surface area contributed by atoms with Crippen molar-refractivity contribution in [2.45, 2.75) is 33.6 Å². The summed E-state index contributed by atoms with van der Waals surface area (Å²) in [7, 11) is 0. The monoisotopic (exact) mass is 984 g/mol. The van der Waals surface area contributed by atoms with E-state index in [1.165, 1.54) is 0 Å². The summed E-state index contributed by atoms with van der Waals surface area (Å²) >= 11 is 19.3. The summed E-state index contributed by atoms with van der Waals surface area (Å²) in [6, 6.07) is 46.2. The molecule has 10 heteroatoms. The van der Waals surface area contributed by atoms with Crippen LogP contribution in [-0.2, 0) is 0 Å². The van der Waals surface area contributed by atoms with E-state index in [-0.39, 0.29) is 31.3 Å². The third-order valence-corrected chi connectivity index (χ3v) is 18.6. The van der Waals surface area contributed by atoms with Gasteiger partial charge in [0.2, 0.25) is 0 Å². The van der Waals surface area contributed by atoms with E-state index in [2.05, 4.69) is 86.6 Å². The van der Waals surface area contributed by atoms with Crippen LogP contribution in [0.3, 0.4) is 0 Å². The predicted octanol–water partition coefficient (Wildman–Crippen LogP) is 17.1. The van der Waals surface area contributed by atoms with Crippen LogP contribution < -0.4 is 10.9 Å². The molecular weight excluding hydrogens is 948 g/mol. The van der Waals surface area contributed by atoms with Crippen LogP contribution >= 0.6 is 68.5 Å². The number of hydrogen-bond donors (Lipinski definition) is 2. The van der Waals surface area contributed by atoms with Gasteiger partial charge in [0.05, 0.1) is 27.1 Å². The van der Waals surface area contributed by atoms with E-state index >= 15 is 9.59 Å². The molecule has 7 aromatic carbocycles. The number of hydrogen-bond acceptors (Lipinski definition) is 8. The standard InChI is InChI=1S/C57H38Cl2O4S4/c1-28-18-22-32(23-19-28)42-37-26-39-48(60)45(56(62)66-52(39)30(3)50(37)64-54(42)34-12-7-5-8-13-34)44(36-16-11-17-41(58)47(36)59)46-49(61)40-27-38-43(33-24-20-29(2)21-25-33)55(35-14-9-6-10-15-35)65-51(38)31(4)53(40)67-57(46)63/h5-27,44,62-63H,1-4H3. The zero-order valence-electron chi connectivity index (χ0n) is 36.5. The molecule has 11 rings (SSSR count). The summed E-state index contributed by atoms with van der Waals surface area (Å²) in [5.74, 6) is -1.29. The Labute approximate surface area is 411 Å². The maximum Gasteiger partial charge on any atom is 0.196 e. The highest BCUT2D eigenvalue weighted by molar-refractivity contribution is 7.25. The topological polar surface area (TPSA) is 74.6 Å². The maximum absolute atomic E-state index is 15.6. The van der Waals surface area contributed by atoms with Gasteiger partial charge in [-0.2, -0.15) is 0 Å². The van der Waals surface area contributed by atoms with Crippen LogP contribution in [0.15, 0.2) is 149 Å². The number of halogens is 2. The van der Waals surface area contributed by atoms with Crippen LogP contribution in [0.2, 0.25) is 10.0 Å². The Hall–Kier alpha value is -6.10. The number of benzene rings is 7. The third kappa shape index (κ3) is 7.12. The summed E-state index contributed by atoms with van der Waals surface area (Å²) in [5.41, 5.74) is 9.42. The van der Waals surface area contributed by atoms with E-state index in [9.17, 15) is 10.2 Å². The Balaban J connectivity index is 1.21. The van der Waals surface area contributed by atoms with E-state index in [0.29, 0.717) is 25.7 Å². The molecule has 4 heterocycles. The average Bonchev–Trinajstić information content (AvgIpc) is 3.92. The van der Waals surface area contributed by atoms with Crippen LogP contribution in [0.4, 0.5) is 0 Å². The number of aromatic hydroxyl groups is 2. The fourth-order valence-corrected chi connectivity index (χ4v) is 14.7. The molecule has 2 N–H and O–H groups in total. The Morgan fingerprint density at radius 2 is 0.851 bits per heavy atom. The van der Waals surface area contributed by atoms with Gasteiger partial charge >= 0.3 is 0 Å². The van der Waals surface area contributed by atoms with Gasteiger partial charge in [-0.1, -0.05) is 178 Å². The number of fused-ring (bicyclic) bond motifs is 4. The van der Waals surface area contributed by atoms with Crippen LogP contribution in [-0.4, -0.2) is 10.2 Å². The first-order chi connectivity index (χ1) is 32.4. The summed E-state index contributed by atoms with van der Waals surface area (Å²) in [6.07, 6.45) is 0. The average molecular weight is 986 g/mol. The zero-order valence-corrected chi connectivity index (χ0v) is 41.2. The zero-order chi connectivity index (χ0) is 46.4. The molecule has 0 atom stereocenters. The number of rotatable bonds is 7. The van der Waals surface area contributed by atoms with Gasteiger partial charge in [-0.3, -0.25) is 9.59 Å². The lowest BCUT2D eigenvalue weighted by molar-refractivity contribution is 0.473. The van der Waals surface area contributed by atoms with Gasteiger partial charge in [0.25, 0.3) is 0 Å². The van der Waals surface area contributed by atoms with Crippen molar-refractivity contribution in [1.29, 1.82) is 0 Å². The highest BCUT2D eigenvalue weighted by Gasteiger charge is 2.34. The van der Waals surface area contributed by atoms with Gasteiger partial charge in [0.15, 0.2) is 21.0 Å². The van der Waals surface area contributed by atoms with Crippen molar-refractivity contribution in [3.05, 3.63) is 209 Å². The summed E-state index contributed by atoms with van der Waals surface area (Å²) < 4.78 is 3.27. The molecule has 0 fully saturated rings. The van der Waals surface area contributed by atoms with Crippen molar-refractivity contribution in [2.24, 2.45) is 0 Å². The first-order valence-corrected chi connectivity index (χ1v) is 25.6. The number of thiophene rings is 2. The van der Waals surface area contributed by atoms with Crippen molar-refractivity contribution in [3.63, 3.8) is 0 Å². The van der Waals surface area contributed by atoms with Crippen molar-refractivity contribution in [2.75, 3.05) is 0 Å². The maximum atomic E-state index is 15.6. The molecule has 0 amide bonds. The summed E-state index contributed by atoms with van der Waals surface area (Å²) in [4.78, 5) is 33.3. The van der Waals surface area contributed by atoms with Crippen LogP contribution in [0.25, 0.3) is 83.5 Å². The highest BCUT2D eigenvalue weighted by Crippen LogP contribution is 2.52. The van der Waals surface area contributed by atoms with Gasteiger partial charge in [-0.15, -0.1) is 22.7 Å². The van der Waals surface area contributed by atoms with Crippen molar-refractivity contribution in [1.82, 2.24) is 0 Å². The second-order valence-corrected chi connectivity index (χ2v) is 21.8. The third-order valence-electron chi connectivity index (χ3n) is 12.8. The van der Waals surface area contributed by atoms with Crippen LogP contribution in [0.1, 0.15) is 44.9 Å². The Morgan fingerprint density at radius 1 is 0.448 bits per heavy atom. The van der Waals surface area contributed by atoms with E-state index in [0.717, 1.165) is 108 Å². The minimum Gasteiger partial charge on any atom is -0.499 e. The van der Waals surface area contributed by atoms with Crippen molar-refractivity contribution < 1.29 is 10.2 Å². The quantitative estimate of drug-likeness (QED) is 0.167. The molecule has 0 saturated heterocycles. The molecule has 0 aliphatic heterocycles. The molecule has 0 saturated carbocycles. The van der Waals surface area contributed by atoms with Crippen LogP contribution in [0, 0.1) is 27.7 Å². The molecule has 0 bridgehead atoms. The van der Waals surface area contributed by atoms with Gasteiger partial charge in [-0.05, 0) is 84.8 Å². The Kier molecular flexibility index (Phi) is 11.0. The summed E-state index contributed by atoms with van der Waals surface area (Å²) in [5, 5.41) is 27.0. The van der Waals surface area contributed by atoms with Gasteiger partial charge < -0.3 is 10.2 Å². The van der Waals surface area contributed by atoms with Gasteiger partial charge in [0.1, 0.15) is 0 Å². The lowest BCUT2D eigenvalue weighted by Crippen LogP contribution is -2.22. The van der Waals surface area contributed by atoms with E-state index in [1.807, 2.05) is 62.4 Å². The summed E-state index contributed by atoms with van der Waals surface area (Å²) in [6.45, 7) is 8.10. The van der Waals surface area contributed by atoms with Gasteiger partial charge in [0, 0.05) is 61.2 Å². The Bertz CT molecular complexity index is 3690. The molecule has 4 nitrogen and oxygen atoms in total. The Morgan fingerprint density at radius 3 is 1.27 bits per heavy atom. The molecule has 0 radical (unpaired) electrons. The molecule has 0 spiro atoms. The second kappa shape index (κ2) is 16.9. The number of aryl methyl sites for hydroxylation is 4. The SMILES string of the molecule is Cc1ccc(-c2c(-c3ccccc3)sc3c(C)c4sc(O)c(C(c5cccc(Cl)c5Cl)c5c(O)sc6c(C)c7sc(-c8ccccc8)c(-c8ccc(C)cc8)c7cc6c5=O)c(=O)c4cc23)cc1. The molecular formula is C57H38Cl2O4S4. The lowest BCUT2D eigenvalue weighted by Gasteiger charge is -2.22. The molecule has 0 unspecified atom stereocenters.